The van der Waals surface area contributed by atoms with Gasteiger partial charge in [0, 0.05) is 13.0 Å². The number of ketones is 2. The van der Waals surface area contributed by atoms with Crippen LogP contribution >= 0.6 is 0 Å². The highest BCUT2D eigenvalue weighted by Crippen LogP contribution is 1.82. The maximum Gasteiger partial charge on any atom is 0.379 e. The van der Waals surface area contributed by atoms with Crippen LogP contribution in [0, 0.1) is 0 Å². The molecule has 4 nitrogen and oxygen atoms in total. The predicted molar refractivity (Wildman–Crippen MR) is 36.6 cm³/mol. The van der Waals surface area contributed by atoms with Gasteiger partial charge in [-0.2, -0.15) is 0 Å². The SMILES string of the molecule is CC(=O)/C=C\OC(=O)C(C)=O. The summed E-state index contributed by atoms with van der Waals surface area (Å²) >= 11 is 0. The second kappa shape index (κ2) is 4.38. The average Bonchev–Trinajstić information content (AvgIpc) is 1.86. The van der Waals surface area contributed by atoms with Crippen LogP contribution in [0.5, 0.6) is 0 Å². The van der Waals surface area contributed by atoms with Crippen LogP contribution in [0.25, 0.3) is 0 Å². The van der Waals surface area contributed by atoms with Gasteiger partial charge in [-0.25, -0.2) is 4.79 Å². The van der Waals surface area contributed by atoms with Gasteiger partial charge >= 0.3 is 5.97 Å². The van der Waals surface area contributed by atoms with Crippen LogP contribution in [-0.4, -0.2) is 17.5 Å². The van der Waals surface area contributed by atoms with Gasteiger partial charge in [0.1, 0.15) is 0 Å². The van der Waals surface area contributed by atoms with Crippen molar-refractivity contribution in [2.24, 2.45) is 0 Å². The molecule has 0 amide bonds. The number of rotatable bonds is 3. The molecule has 0 aromatic carbocycles. The number of hydrogen-bond acceptors (Lipinski definition) is 4. The molecule has 60 valence electrons. The molecule has 0 aromatic heterocycles. The van der Waals surface area contributed by atoms with Crippen LogP contribution in [0.15, 0.2) is 12.3 Å². The molecule has 0 spiro atoms. The third kappa shape index (κ3) is 5.02. The van der Waals surface area contributed by atoms with E-state index in [-0.39, 0.29) is 5.78 Å². The number of ether oxygens (including phenoxy) is 1. The van der Waals surface area contributed by atoms with Gasteiger partial charge in [-0.3, -0.25) is 9.59 Å². The molecule has 0 unspecified atom stereocenters. The molecule has 0 heterocycles. The average molecular weight is 156 g/mol. The molecule has 0 radical (unpaired) electrons. The van der Waals surface area contributed by atoms with E-state index in [2.05, 4.69) is 4.74 Å². The Bertz CT molecular complexity index is 214. The molecule has 0 fully saturated rings. The van der Waals surface area contributed by atoms with E-state index in [0.29, 0.717) is 0 Å². The summed E-state index contributed by atoms with van der Waals surface area (Å²) in [4.78, 5) is 30.8. The van der Waals surface area contributed by atoms with E-state index in [1.54, 1.807) is 0 Å². The summed E-state index contributed by atoms with van der Waals surface area (Å²) in [6.07, 6.45) is 1.95. The number of esters is 1. The van der Waals surface area contributed by atoms with Crippen molar-refractivity contribution < 1.29 is 19.1 Å². The molecular formula is C7H8O4. The van der Waals surface area contributed by atoms with Crippen LogP contribution in [-0.2, 0) is 19.1 Å². The fourth-order valence-electron chi connectivity index (χ4n) is 0.275. The summed E-state index contributed by atoms with van der Waals surface area (Å²) in [5, 5.41) is 0. The van der Waals surface area contributed by atoms with Gasteiger partial charge in [0.25, 0.3) is 0 Å². The van der Waals surface area contributed by atoms with Crippen molar-refractivity contribution in [3.63, 3.8) is 0 Å². The maximum atomic E-state index is 10.4. The van der Waals surface area contributed by atoms with Gasteiger partial charge in [-0.15, -0.1) is 0 Å². The molecule has 0 aliphatic heterocycles. The second-order valence-electron chi connectivity index (χ2n) is 1.87. The third-order valence-electron chi connectivity index (χ3n) is 0.765. The van der Waals surface area contributed by atoms with E-state index in [1.165, 1.54) is 6.92 Å². The summed E-state index contributed by atoms with van der Waals surface area (Å²) in [6.45, 7) is 2.39. The Balaban J connectivity index is 3.80. The van der Waals surface area contributed by atoms with Crippen molar-refractivity contribution in [3.05, 3.63) is 12.3 Å². The molecule has 0 bridgehead atoms. The summed E-state index contributed by atoms with van der Waals surface area (Å²) in [5.41, 5.74) is 0. The lowest BCUT2D eigenvalue weighted by molar-refractivity contribution is -0.148. The summed E-state index contributed by atoms with van der Waals surface area (Å²) in [7, 11) is 0. The van der Waals surface area contributed by atoms with E-state index in [4.69, 9.17) is 0 Å². The Morgan fingerprint density at radius 3 is 2.09 bits per heavy atom. The lowest BCUT2D eigenvalue weighted by Crippen LogP contribution is -2.10. The largest absolute Gasteiger partial charge is 0.429 e. The fourth-order valence-corrected chi connectivity index (χ4v) is 0.275. The minimum atomic E-state index is -0.970. The molecule has 0 aliphatic rings. The Morgan fingerprint density at radius 2 is 1.73 bits per heavy atom. The molecule has 0 aromatic rings. The lowest BCUT2D eigenvalue weighted by Gasteiger charge is -1.90. The van der Waals surface area contributed by atoms with Gasteiger partial charge in [0.15, 0.2) is 5.78 Å². The van der Waals surface area contributed by atoms with E-state index < -0.39 is 11.8 Å². The Hall–Kier alpha value is -1.45. The van der Waals surface area contributed by atoms with Gasteiger partial charge in [0.05, 0.1) is 6.26 Å². The molecule has 0 saturated carbocycles. The van der Waals surface area contributed by atoms with Crippen molar-refractivity contribution in [1.29, 1.82) is 0 Å². The van der Waals surface area contributed by atoms with Gasteiger partial charge in [-0.1, -0.05) is 0 Å². The van der Waals surface area contributed by atoms with Crippen LogP contribution < -0.4 is 0 Å². The minimum Gasteiger partial charge on any atom is -0.429 e. The number of Topliss-reactive ketones (excluding diaryl/α,β-unsaturated/α-hetero) is 1. The lowest BCUT2D eigenvalue weighted by atomic mass is 10.4. The van der Waals surface area contributed by atoms with E-state index >= 15 is 0 Å². The van der Waals surface area contributed by atoms with E-state index in [0.717, 1.165) is 19.3 Å². The first-order valence-corrected chi connectivity index (χ1v) is 2.92. The van der Waals surface area contributed by atoms with E-state index in [9.17, 15) is 14.4 Å². The van der Waals surface area contributed by atoms with Crippen LogP contribution in [0.3, 0.4) is 0 Å². The van der Waals surface area contributed by atoms with Gasteiger partial charge in [-0.05, 0) is 6.92 Å². The highest BCUT2D eigenvalue weighted by atomic mass is 16.5. The Kier molecular flexibility index (Phi) is 3.80. The monoisotopic (exact) mass is 156 g/mol. The standard InChI is InChI=1S/C7H8O4/c1-5(8)3-4-11-7(10)6(2)9/h3-4H,1-2H3/b4-3-. The summed E-state index contributed by atoms with van der Waals surface area (Å²) in [6, 6.07) is 0. The Labute approximate surface area is 63.8 Å². The smallest absolute Gasteiger partial charge is 0.379 e. The molecular weight excluding hydrogens is 148 g/mol. The molecule has 11 heavy (non-hydrogen) atoms. The van der Waals surface area contributed by atoms with Crippen molar-refractivity contribution in [2.75, 3.05) is 0 Å². The first kappa shape index (κ1) is 9.55. The molecule has 0 aliphatic carbocycles. The number of allylic oxidation sites excluding steroid dienone is 1. The van der Waals surface area contributed by atoms with Crippen LogP contribution in [0.1, 0.15) is 13.8 Å². The number of hydrogen-bond donors (Lipinski definition) is 0. The Morgan fingerprint density at radius 1 is 1.18 bits per heavy atom. The van der Waals surface area contributed by atoms with Gasteiger partial charge < -0.3 is 4.74 Å². The van der Waals surface area contributed by atoms with Crippen molar-refractivity contribution in [2.45, 2.75) is 13.8 Å². The summed E-state index contributed by atoms with van der Waals surface area (Å²) < 4.78 is 4.22. The first-order chi connectivity index (χ1) is 5.04. The minimum absolute atomic E-state index is 0.249. The molecule has 0 saturated heterocycles. The van der Waals surface area contributed by atoms with Crippen LogP contribution in [0.2, 0.25) is 0 Å². The van der Waals surface area contributed by atoms with Gasteiger partial charge in [0.2, 0.25) is 5.78 Å². The van der Waals surface area contributed by atoms with Crippen molar-refractivity contribution in [3.8, 4) is 0 Å². The van der Waals surface area contributed by atoms with Crippen molar-refractivity contribution in [1.82, 2.24) is 0 Å². The zero-order valence-corrected chi connectivity index (χ0v) is 6.29. The molecule has 0 atom stereocenters. The van der Waals surface area contributed by atoms with Crippen molar-refractivity contribution >= 4 is 17.5 Å². The zero-order valence-electron chi connectivity index (χ0n) is 6.29. The number of carbonyl (C=O) groups is 3. The fraction of sp³-hybridized carbons (Fsp3) is 0.286. The highest BCUT2D eigenvalue weighted by molar-refractivity contribution is 6.32. The predicted octanol–water partition coefficient (Wildman–Crippen LogP) is 0.221. The topological polar surface area (TPSA) is 60.4 Å². The van der Waals surface area contributed by atoms with Crippen LogP contribution in [0.4, 0.5) is 0 Å². The first-order valence-electron chi connectivity index (χ1n) is 2.92. The van der Waals surface area contributed by atoms with E-state index in [1.807, 2.05) is 0 Å². The zero-order chi connectivity index (χ0) is 8.85. The molecule has 4 heteroatoms. The molecule has 0 rings (SSSR count). The second-order valence-corrected chi connectivity index (χ2v) is 1.87. The maximum absolute atomic E-state index is 10.4. The normalized spacial score (nSPS) is 9.64. The summed E-state index contributed by atoms with van der Waals surface area (Å²) in [5.74, 6) is -1.91. The quantitative estimate of drug-likeness (QED) is 0.254. The number of carbonyl (C=O) groups excluding carboxylic acids is 3. The highest BCUT2D eigenvalue weighted by Gasteiger charge is 2.05. The third-order valence-corrected chi connectivity index (χ3v) is 0.765. The molecule has 0 N–H and O–H groups in total.